The molecule has 5 rings (SSSR count). The summed E-state index contributed by atoms with van der Waals surface area (Å²) in [6.45, 7) is 1.57. The Labute approximate surface area is 184 Å². The second kappa shape index (κ2) is 8.54. The van der Waals surface area contributed by atoms with Gasteiger partial charge in [0.15, 0.2) is 0 Å². The normalized spacial score (nSPS) is 12.3. The molecule has 3 N–H and O–H groups in total. The van der Waals surface area contributed by atoms with Crippen LogP contribution >= 0.6 is 0 Å². The minimum atomic E-state index is -0.130. The Kier molecular flexibility index (Phi) is 5.29. The number of aromatic nitrogens is 5. The SMILES string of the molecule is Cn1ccc(CNC(=O)c2cccc(CNc3ncc(-c4cn[nH]c4)c4c3CCO4)c2)n1. The molecule has 0 radical (unpaired) electrons. The van der Waals surface area contributed by atoms with Crippen molar-refractivity contribution in [3.63, 3.8) is 0 Å². The van der Waals surface area contributed by atoms with Crippen molar-refractivity contribution in [1.82, 2.24) is 30.3 Å². The predicted octanol–water partition coefficient (Wildman–Crippen LogP) is 2.68. The lowest BCUT2D eigenvalue weighted by Crippen LogP contribution is -2.23. The second-order valence-electron chi connectivity index (χ2n) is 7.63. The van der Waals surface area contributed by atoms with Gasteiger partial charge >= 0.3 is 0 Å². The first kappa shape index (κ1) is 19.8. The molecular formula is C23H23N7O2. The van der Waals surface area contributed by atoms with Crippen LogP contribution in [-0.4, -0.2) is 37.5 Å². The van der Waals surface area contributed by atoms with Gasteiger partial charge < -0.3 is 15.4 Å². The molecule has 0 fully saturated rings. The summed E-state index contributed by atoms with van der Waals surface area (Å²) in [5.74, 6) is 1.52. The van der Waals surface area contributed by atoms with Gasteiger partial charge in [0, 0.05) is 60.9 Å². The summed E-state index contributed by atoms with van der Waals surface area (Å²) in [5, 5.41) is 17.4. The number of fused-ring (bicyclic) bond motifs is 1. The first-order valence-corrected chi connectivity index (χ1v) is 10.4. The van der Waals surface area contributed by atoms with Crippen molar-refractivity contribution in [2.24, 2.45) is 7.05 Å². The molecule has 4 heterocycles. The van der Waals surface area contributed by atoms with Crippen molar-refractivity contribution in [1.29, 1.82) is 0 Å². The first-order chi connectivity index (χ1) is 15.7. The van der Waals surface area contributed by atoms with Gasteiger partial charge in [-0.2, -0.15) is 10.2 Å². The number of ether oxygens (including phenoxy) is 1. The van der Waals surface area contributed by atoms with Gasteiger partial charge in [0.2, 0.25) is 0 Å². The van der Waals surface area contributed by atoms with Crippen LogP contribution in [0.3, 0.4) is 0 Å². The summed E-state index contributed by atoms with van der Waals surface area (Å²) in [4.78, 5) is 17.2. The number of aryl methyl sites for hydroxylation is 1. The van der Waals surface area contributed by atoms with Gasteiger partial charge in [-0.15, -0.1) is 0 Å². The van der Waals surface area contributed by atoms with Crippen molar-refractivity contribution in [2.45, 2.75) is 19.5 Å². The number of anilines is 1. The minimum absolute atomic E-state index is 0.130. The Morgan fingerprint density at radius 3 is 3.00 bits per heavy atom. The van der Waals surface area contributed by atoms with Crippen LogP contribution in [0.4, 0.5) is 5.82 Å². The van der Waals surface area contributed by atoms with Crippen molar-refractivity contribution in [3.8, 4) is 16.9 Å². The van der Waals surface area contributed by atoms with Gasteiger partial charge in [0.05, 0.1) is 25.0 Å². The highest BCUT2D eigenvalue weighted by Gasteiger charge is 2.22. The zero-order valence-corrected chi connectivity index (χ0v) is 17.6. The zero-order valence-electron chi connectivity index (χ0n) is 17.6. The summed E-state index contributed by atoms with van der Waals surface area (Å²) >= 11 is 0. The fourth-order valence-corrected chi connectivity index (χ4v) is 3.78. The largest absolute Gasteiger partial charge is 0.492 e. The molecule has 1 aliphatic heterocycles. The fourth-order valence-electron chi connectivity index (χ4n) is 3.78. The highest BCUT2D eigenvalue weighted by atomic mass is 16.5. The van der Waals surface area contributed by atoms with E-state index in [0.717, 1.165) is 45.9 Å². The molecule has 9 heteroatoms. The monoisotopic (exact) mass is 429 g/mol. The average molecular weight is 429 g/mol. The van der Waals surface area contributed by atoms with E-state index in [1.165, 1.54) is 0 Å². The number of pyridine rings is 1. The Morgan fingerprint density at radius 1 is 1.25 bits per heavy atom. The van der Waals surface area contributed by atoms with Crippen molar-refractivity contribution in [2.75, 3.05) is 11.9 Å². The molecule has 32 heavy (non-hydrogen) atoms. The van der Waals surface area contributed by atoms with E-state index in [1.807, 2.05) is 43.7 Å². The Morgan fingerprint density at radius 2 is 2.19 bits per heavy atom. The molecule has 1 aromatic carbocycles. The molecule has 162 valence electrons. The van der Waals surface area contributed by atoms with Crippen LogP contribution in [0, 0.1) is 0 Å². The van der Waals surface area contributed by atoms with Crippen LogP contribution in [0.25, 0.3) is 11.1 Å². The number of nitrogens with zero attached hydrogens (tertiary/aromatic N) is 4. The molecule has 0 aliphatic carbocycles. The lowest BCUT2D eigenvalue weighted by Gasteiger charge is -2.12. The van der Waals surface area contributed by atoms with E-state index in [9.17, 15) is 4.79 Å². The van der Waals surface area contributed by atoms with Gasteiger partial charge in [-0.1, -0.05) is 12.1 Å². The van der Waals surface area contributed by atoms with Crippen LogP contribution < -0.4 is 15.4 Å². The summed E-state index contributed by atoms with van der Waals surface area (Å²) in [6, 6.07) is 9.44. The first-order valence-electron chi connectivity index (χ1n) is 10.4. The van der Waals surface area contributed by atoms with Gasteiger partial charge in [0.1, 0.15) is 11.6 Å². The van der Waals surface area contributed by atoms with E-state index < -0.39 is 0 Å². The van der Waals surface area contributed by atoms with Crippen molar-refractivity contribution in [3.05, 3.63) is 77.5 Å². The van der Waals surface area contributed by atoms with Crippen LogP contribution in [0.2, 0.25) is 0 Å². The number of amides is 1. The number of carbonyl (C=O) groups excluding carboxylic acids is 1. The van der Waals surface area contributed by atoms with Crippen LogP contribution in [-0.2, 0) is 26.6 Å². The van der Waals surface area contributed by atoms with E-state index in [2.05, 4.69) is 30.9 Å². The van der Waals surface area contributed by atoms with Gasteiger partial charge in [-0.25, -0.2) is 4.98 Å². The lowest BCUT2D eigenvalue weighted by atomic mass is 10.1. The highest BCUT2D eigenvalue weighted by molar-refractivity contribution is 5.94. The molecule has 0 unspecified atom stereocenters. The molecule has 3 aromatic heterocycles. The number of nitrogens with one attached hydrogen (secondary N) is 3. The molecule has 4 aromatic rings. The second-order valence-corrected chi connectivity index (χ2v) is 7.63. The zero-order chi connectivity index (χ0) is 21.9. The van der Waals surface area contributed by atoms with Crippen LogP contribution in [0.5, 0.6) is 5.75 Å². The van der Waals surface area contributed by atoms with Gasteiger partial charge in [-0.3, -0.25) is 14.6 Å². The van der Waals surface area contributed by atoms with Gasteiger partial charge in [0.25, 0.3) is 5.91 Å². The van der Waals surface area contributed by atoms with Crippen LogP contribution in [0.1, 0.15) is 27.2 Å². The maximum atomic E-state index is 12.6. The maximum Gasteiger partial charge on any atom is 0.251 e. The third-order valence-corrected chi connectivity index (χ3v) is 5.38. The third kappa shape index (κ3) is 4.04. The number of rotatable bonds is 7. The average Bonchev–Trinajstić information content (AvgIpc) is 3.58. The standard InChI is InChI=1S/C23H23N7O2/c1-30-7-5-18(29-30)13-26-23(31)16-4-2-3-15(9-16)10-24-22-19-6-8-32-21(19)20(14-25-22)17-11-27-28-12-17/h2-5,7,9,11-12,14H,6,8,10,13H2,1H3,(H,24,25)(H,26,31)(H,27,28). The Bertz CT molecular complexity index is 1250. The summed E-state index contributed by atoms with van der Waals surface area (Å²) < 4.78 is 7.59. The number of H-pyrrole nitrogens is 1. The number of hydrogen-bond donors (Lipinski definition) is 3. The van der Waals surface area contributed by atoms with E-state index >= 15 is 0 Å². The number of aromatic amines is 1. The molecule has 1 amide bonds. The van der Waals surface area contributed by atoms with Crippen molar-refractivity contribution >= 4 is 11.7 Å². The summed E-state index contributed by atoms with van der Waals surface area (Å²) in [6.07, 6.45) is 8.05. The molecule has 0 saturated heterocycles. The molecule has 9 nitrogen and oxygen atoms in total. The summed E-state index contributed by atoms with van der Waals surface area (Å²) in [5.41, 5.74) is 5.36. The molecular weight excluding hydrogens is 406 g/mol. The third-order valence-electron chi connectivity index (χ3n) is 5.38. The van der Waals surface area contributed by atoms with Crippen LogP contribution in [0.15, 0.2) is 55.1 Å². The molecule has 0 saturated carbocycles. The highest BCUT2D eigenvalue weighted by Crippen LogP contribution is 2.39. The number of benzene rings is 1. The minimum Gasteiger partial charge on any atom is -0.492 e. The molecule has 0 spiro atoms. The quantitative estimate of drug-likeness (QED) is 0.417. The maximum absolute atomic E-state index is 12.6. The molecule has 1 aliphatic rings. The number of carbonyl (C=O) groups is 1. The van der Waals surface area contributed by atoms with E-state index in [4.69, 9.17) is 4.74 Å². The Balaban J connectivity index is 1.26. The van der Waals surface area contributed by atoms with Gasteiger partial charge in [-0.05, 0) is 23.8 Å². The molecule has 0 bridgehead atoms. The van der Waals surface area contributed by atoms with E-state index in [-0.39, 0.29) is 5.91 Å². The topological polar surface area (TPSA) is 110 Å². The smallest absolute Gasteiger partial charge is 0.251 e. The predicted molar refractivity (Wildman–Crippen MR) is 119 cm³/mol. The van der Waals surface area contributed by atoms with E-state index in [0.29, 0.717) is 25.3 Å². The lowest BCUT2D eigenvalue weighted by molar-refractivity contribution is 0.0950. The van der Waals surface area contributed by atoms with Crippen molar-refractivity contribution < 1.29 is 9.53 Å². The summed E-state index contributed by atoms with van der Waals surface area (Å²) in [7, 11) is 1.85. The molecule has 0 atom stereocenters. The fraction of sp³-hybridized carbons (Fsp3) is 0.217. The number of hydrogen-bond acceptors (Lipinski definition) is 6. The Hall–Kier alpha value is -4.14. The van der Waals surface area contributed by atoms with E-state index in [1.54, 1.807) is 23.1 Å².